The Hall–Kier alpha value is -3.72. The zero-order valence-corrected chi connectivity index (χ0v) is 20.3. The smallest absolute Gasteiger partial charge is 0.416 e. The van der Waals surface area contributed by atoms with Gasteiger partial charge in [-0.2, -0.15) is 13.2 Å². The van der Waals surface area contributed by atoms with E-state index in [1.165, 1.54) is 6.07 Å². The van der Waals surface area contributed by atoms with Gasteiger partial charge in [0.25, 0.3) is 0 Å². The molecule has 0 amide bonds. The number of rotatable bonds is 6. The van der Waals surface area contributed by atoms with Crippen LogP contribution < -0.4 is 9.64 Å². The number of hydrogen-bond donors (Lipinski definition) is 0. The van der Waals surface area contributed by atoms with Gasteiger partial charge in [0.1, 0.15) is 11.6 Å². The molecule has 0 spiro atoms. The zero-order valence-electron chi connectivity index (χ0n) is 20.3. The Balaban J connectivity index is 1.29. The number of alkyl halides is 3. The van der Waals surface area contributed by atoms with Crippen molar-refractivity contribution in [2.45, 2.75) is 31.6 Å². The van der Waals surface area contributed by atoms with Crippen LogP contribution in [0, 0.1) is 5.82 Å². The Morgan fingerprint density at radius 2 is 1.59 bits per heavy atom. The molecule has 0 saturated carbocycles. The maximum Gasteiger partial charge on any atom is 0.416 e. The lowest BCUT2D eigenvalue weighted by Crippen LogP contribution is -2.43. The Labute approximate surface area is 212 Å². The average molecular weight is 511 g/mol. The van der Waals surface area contributed by atoms with Crippen molar-refractivity contribution in [3.05, 3.63) is 89.7 Å². The molecule has 0 radical (unpaired) electrons. The minimum absolute atomic E-state index is 0.0738. The molecule has 1 fully saturated rings. The molecule has 0 atom stereocenters. The van der Waals surface area contributed by atoms with Crippen molar-refractivity contribution in [3.8, 4) is 11.6 Å². The summed E-state index contributed by atoms with van der Waals surface area (Å²) in [6.45, 7) is 1.46. The number of anilines is 1. The van der Waals surface area contributed by atoms with E-state index in [-0.39, 0.29) is 18.2 Å². The first-order chi connectivity index (χ1) is 17.8. The van der Waals surface area contributed by atoms with Crippen LogP contribution in [0.15, 0.2) is 72.8 Å². The van der Waals surface area contributed by atoms with Crippen LogP contribution in [0.3, 0.4) is 0 Å². The Bertz CT molecular complexity index is 1370. The minimum atomic E-state index is -4.60. The van der Waals surface area contributed by atoms with Crippen LogP contribution in [0.2, 0.25) is 0 Å². The molecule has 5 rings (SSSR count). The van der Waals surface area contributed by atoms with E-state index >= 15 is 0 Å². The van der Waals surface area contributed by atoms with Crippen LogP contribution in [-0.4, -0.2) is 41.3 Å². The highest BCUT2D eigenvalue weighted by atomic mass is 19.4. The summed E-state index contributed by atoms with van der Waals surface area (Å²) in [6, 6.07) is 20.2. The minimum Gasteiger partial charge on any atom is -0.437 e. The van der Waals surface area contributed by atoms with E-state index in [4.69, 9.17) is 4.74 Å². The first-order valence-corrected chi connectivity index (χ1v) is 12.1. The molecule has 0 bridgehead atoms. The summed E-state index contributed by atoms with van der Waals surface area (Å²) in [4.78, 5) is 4.07. The SMILES string of the molecule is CN(Cc1ccc(F)cc1C(F)(F)F)C1CCN(c2nnc(Oc3ccccc3)c3ccccc23)CC1. The third-order valence-electron chi connectivity index (χ3n) is 6.78. The van der Waals surface area contributed by atoms with Crippen LogP contribution in [0.25, 0.3) is 10.8 Å². The van der Waals surface area contributed by atoms with Gasteiger partial charge in [0, 0.05) is 36.4 Å². The van der Waals surface area contributed by atoms with Gasteiger partial charge in [-0.3, -0.25) is 4.90 Å². The fourth-order valence-corrected chi connectivity index (χ4v) is 4.84. The van der Waals surface area contributed by atoms with Crippen molar-refractivity contribution in [2.24, 2.45) is 0 Å². The van der Waals surface area contributed by atoms with E-state index in [1.54, 1.807) is 0 Å². The highest BCUT2D eigenvalue weighted by molar-refractivity contribution is 5.95. The molecular weight excluding hydrogens is 484 g/mol. The van der Waals surface area contributed by atoms with Gasteiger partial charge in [0.2, 0.25) is 5.88 Å². The molecule has 1 aliphatic heterocycles. The van der Waals surface area contributed by atoms with E-state index in [0.717, 1.165) is 35.5 Å². The number of nitrogens with zero attached hydrogens (tertiary/aromatic N) is 4. The number of ether oxygens (including phenoxy) is 1. The number of hydrogen-bond acceptors (Lipinski definition) is 5. The second-order valence-electron chi connectivity index (χ2n) is 9.22. The van der Waals surface area contributed by atoms with Gasteiger partial charge < -0.3 is 9.64 Å². The second kappa shape index (κ2) is 10.3. The monoisotopic (exact) mass is 510 g/mol. The number of para-hydroxylation sites is 1. The molecule has 1 aromatic heterocycles. The second-order valence-corrected chi connectivity index (χ2v) is 9.22. The normalized spacial score (nSPS) is 14.9. The summed E-state index contributed by atoms with van der Waals surface area (Å²) in [7, 11) is 1.81. The standard InChI is InChI=1S/C28H26F4N4O/c1-35(18-19-11-12-20(29)17-25(19)28(30,31)32)21-13-15-36(16-14-21)26-23-9-5-6-10-24(23)27(34-33-26)37-22-7-3-2-4-8-22/h2-12,17,21H,13-16,18H2,1H3. The fraction of sp³-hybridized carbons (Fsp3) is 0.286. The van der Waals surface area contributed by atoms with Crippen LogP contribution in [0.5, 0.6) is 11.6 Å². The van der Waals surface area contributed by atoms with Gasteiger partial charge in [-0.15, -0.1) is 10.2 Å². The highest BCUT2D eigenvalue weighted by Gasteiger charge is 2.34. The lowest BCUT2D eigenvalue weighted by molar-refractivity contribution is -0.138. The van der Waals surface area contributed by atoms with Gasteiger partial charge in [-0.25, -0.2) is 4.39 Å². The average Bonchev–Trinajstić information content (AvgIpc) is 2.90. The maximum atomic E-state index is 13.5. The van der Waals surface area contributed by atoms with Gasteiger partial charge >= 0.3 is 6.18 Å². The lowest BCUT2D eigenvalue weighted by atomic mass is 10.0. The largest absolute Gasteiger partial charge is 0.437 e. The van der Waals surface area contributed by atoms with Crippen molar-refractivity contribution in [1.29, 1.82) is 0 Å². The number of piperidine rings is 1. The third kappa shape index (κ3) is 5.51. The molecule has 9 heteroatoms. The topological polar surface area (TPSA) is 41.5 Å². The Morgan fingerprint density at radius 1 is 0.919 bits per heavy atom. The summed E-state index contributed by atoms with van der Waals surface area (Å²) in [6.07, 6.45) is -3.10. The molecule has 2 heterocycles. The summed E-state index contributed by atoms with van der Waals surface area (Å²) in [5, 5.41) is 10.6. The van der Waals surface area contributed by atoms with E-state index in [2.05, 4.69) is 15.1 Å². The van der Waals surface area contributed by atoms with Crippen molar-refractivity contribution < 1.29 is 22.3 Å². The van der Waals surface area contributed by atoms with Crippen molar-refractivity contribution in [1.82, 2.24) is 15.1 Å². The van der Waals surface area contributed by atoms with Gasteiger partial charge in [-0.05, 0) is 55.8 Å². The van der Waals surface area contributed by atoms with E-state index in [1.807, 2.05) is 66.5 Å². The molecule has 0 aliphatic carbocycles. The molecule has 192 valence electrons. The summed E-state index contributed by atoms with van der Waals surface area (Å²) in [5.74, 6) is 0.976. The first kappa shape index (κ1) is 25.0. The predicted octanol–water partition coefficient (Wildman–Crippen LogP) is 6.68. The summed E-state index contributed by atoms with van der Waals surface area (Å²) < 4.78 is 59.7. The van der Waals surface area contributed by atoms with Crippen molar-refractivity contribution >= 4 is 16.6 Å². The summed E-state index contributed by atoms with van der Waals surface area (Å²) >= 11 is 0. The van der Waals surface area contributed by atoms with E-state index < -0.39 is 17.6 Å². The fourth-order valence-electron chi connectivity index (χ4n) is 4.84. The predicted molar refractivity (Wildman–Crippen MR) is 134 cm³/mol. The maximum absolute atomic E-state index is 13.5. The Morgan fingerprint density at radius 3 is 2.30 bits per heavy atom. The van der Waals surface area contributed by atoms with Gasteiger partial charge in [0.15, 0.2) is 5.82 Å². The summed E-state index contributed by atoms with van der Waals surface area (Å²) in [5.41, 5.74) is -0.846. The number of halogens is 4. The van der Waals surface area contributed by atoms with E-state index in [9.17, 15) is 17.6 Å². The molecule has 1 aliphatic rings. The van der Waals surface area contributed by atoms with Crippen LogP contribution >= 0.6 is 0 Å². The number of benzene rings is 3. The lowest BCUT2D eigenvalue weighted by Gasteiger charge is -2.37. The molecule has 5 nitrogen and oxygen atoms in total. The van der Waals surface area contributed by atoms with Crippen LogP contribution in [-0.2, 0) is 12.7 Å². The molecule has 0 unspecified atom stereocenters. The molecule has 3 aromatic carbocycles. The van der Waals surface area contributed by atoms with Crippen molar-refractivity contribution in [3.63, 3.8) is 0 Å². The highest BCUT2D eigenvalue weighted by Crippen LogP contribution is 2.35. The van der Waals surface area contributed by atoms with Crippen LogP contribution in [0.1, 0.15) is 24.0 Å². The molecule has 0 N–H and O–H groups in total. The zero-order chi connectivity index (χ0) is 26.0. The molecule has 1 saturated heterocycles. The molecule has 37 heavy (non-hydrogen) atoms. The van der Waals surface area contributed by atoms with E-state index in [0.29, 0.717) is 30.8 Å². The molecule has 4 aromatic rings. The third-order valence-corrected chi connectivity index (χ3v) is 6.78. The molecular formula is C28H26F4N4O. The van der Waals surface area contributed by atoms with Gasteiger partial charge in [0.05, 0.1) is 5.56 Å². The number of fused-ring (bicyclic) bond motifs is 1. The van der Waals surface area contributed by atoms with Crippen LogP contribution in [0.4, 0.5) is 23.4 Å². The van der Waals surface area contributed by atoms with Gasteiger partial charge in [-0.1, -0.05) is 42.5 Å². The van der Waals surface area contributed by atoms with Crippen molar-refractivity contribution in [2.75, 3.05) is 25.0 Å². The number of aromatic nitrogens is 2. The Kier molecular flexibility index (Phi) is 6.97. The first-order valence-electron chi connectivity index (χ1n) is 12.1. The quantitative estimate of drug-likeness (QED) is 0.271.